The summed E-state index contributed by atoms with van der Waals surface area (Å²) in [7, 11) is 0. The number of nitrogens with two attached hydrogens (primary N) is 1. The van der Waals surface area contributed by atoms with E-state index >= 15 is 0 Å². The van der Waals surface area contributed by atoms with E-state index < -0.39 is 11.4 Å². The molecule has 0 aliphatic heterocycles. The van der Waals surface area contributed by atoms with Crippen LogP contribution in [0.25, 0.3) is 0 Å². The van der Waals surface area contributed by atoms with Crippen molar-refractivity contribution in [2.24, 2.45) is 5.73 Å². The van der Waals surface area contributed by atoms with Crippen molar-refractivity contribution in [3.05, 3.63) is 29.6 Å². The largest absolute Gasteiger partial charge is 0.490 e. The highest BCUT2D eigenvalue weighted by Gasteiger charge is 2.14. The molecule has 15 heavy (non-hydrogen) atoms. The van der Waals surface area contributed by atoms with Gasteiger partial charge in [0, 0.05) is 5.54 Å². The number of nitrogens with zero attached hydrogens (tertiary/aromatic N) is 1. The molecule has 3 nitrogen and oxygen atoms in total. The van der Waals surface area contributed by atoms with Crippen LogP contribution in [0.5, 0.6) is 5.75 Å². The van der Waals surface area contributed by atoms with Crippen molar-refractivity contribution in [1.82, 2.24) is 0 Å². The SMILES string of the molecule is CC(C)(N)COc1cccc(F)c1C#N. The van der Waals surface area contributed by atoms with E-state index in [1.807, 2.05) is 0 Å². The summed E-state index contributed by atoms with van der Waals surface area (Å²) < 4.78 is 18.4. The first kappa shape index (κ1) is 11.5. The summed E-state index contributed by atoms with van der Waals surface area (Å²) in [6, 6.07) is 6.02. The van der Waals surface area contributed by atoms with Crippen LogP contribution < -0.4 is 10.5 Å². The zero-order chi connectivity index (χ0) is 11.5. The Morgan fingerprint density at radius 3 is 2.73 bits per heavy atom. The Labute approximate surface area is 88.3 Å². The van der Waals surface area contributed by atoms with Crippen molar-refractivity contribution in [3.8, 4) is 11.8 Å². The van der Waals surface area contributed by atoms with Crippen molar-refractivity contribution in [2.75, 3.05) is 6.61 Å². The van der Waals surface area contributed by atoms with Crippen LogP contribution in [0.1, 0.15) is 19.4 Å². The van der Waals surface area contributed by atoms with Crippen LogP contribution in [0.2, 0.25) is 0 Å². The average molecular weight is 208 g/mol. The predicted octanol–water partition coefficient (Wildman–Crippen LogP) is 1.81. The second-order valence-electron chi connectivity index (χ2n) is 4.00. The summed E-state index contributed by atoms with van der Waals surface area (Å²) in [5.74, 6) is -0.346. The van der Waals surface area contributed by atoms with E-state index in [1.165, 1.54) is 12.1 Å². The molecule has 0 atom stereocenters. The van der Waals surface area contributed by atoms with Gasteiger partial charge in [-0.25, -0.2) is 4.39 Å². The molecular formula is C11H13FN2O. The molecule has 0 bridgehead atoms. The molecule has 2 N–H and O–H groups in total. The van der Waals surface area contributed by atoms with Crippen LogP contribution in [-0.2, 0) is 0 Å². The Hall–Kier alpha value is -1.60. The van der Waals surface area contributed by atoms with Gasteiger partial charge in [-0.2, -0.15) is 5.26 Å². The van der Waals surface area contributed by atoms with Crippen molar-refractivity contribution >= 4 is 0 Å². The highest BCUT2D eigenvalue weighted by Crippen LogP contribution is 2.20. The first-order valence-corrected chi connectivity index (χ1v) is 4.54. The third-order valence-electron chi connectivity index (χ3n) is 1.69. The molecule has 0 aliphatic rings. The number of ether oxygens (including phenoxy) is 1. The molecule has 0 heterocycles. The minimum Gasteiger partial charge on any atom is -0.490 e. The van der Waals surface area contributed by atoms with Gasteiger partial charge in [0.1, 0.15) is 29.8 Å². The van der Waals surface area contributed by atoms with Crippen molar-refractivity contribution in [3.63, 3.8) is 0 Å². The fourth-order valence-corrected chi connectivity index (χ4v) is 0.997. The molecule has 0 radical (unpaired) electrons. The lowest BCUT2D eigenvalue weighted by molar-refractivity contribution is 0.242. The zero-order valence-electron chi connectivity index (χ0n) is 8.75. The van der Waals surface area contributed by atoms with Gasteiger partial charge in [-0.15, -0.1) is 0 Å². The summed E-state index contributed by atoms with van der Waals surface area (Å²) in [4.78, 5) is 0. The van der Waals surface area contributed by atoms with Crippen LogP contribution in [0, 0.1) is 17.1 Å². The molecule has 1 aromatic carbocycles. The molecule has 1 rings (SSSR count). The maximum atomic E-state index is 13.1. The Bertz CT molecular complexity index is 391. The third-order valence-corrected chi connectivity index (χ3v) is 1.69. The number of hydrogen-bond acceptors (Lipinski definition) is 3. The van der Waals surface area contributed by atoms with Gasteiger partial charge in [0.15, 0.2) is 0 Å². The van der Waals surface area contributed by atoms with Gasteiger partial charge >= 0.3 is 0 Å². The highest BCUT2D eigenvalue weighted by atomic mass is 19.1. The minimum absolute atomic E-state index is 0.0817. The summed E-state index contributed by atoms with van der Waals surface area (Å²) in [6.45, 7) is 3.81. The highest BCUT2D eigenvalue weighted by molar-refractivity contribution is 5.43. The monoisotopic (exact) mass is 208 g/mol. The molecule has 4 heteroatoms. The molecule has 0 fully saturated rings. The third kappa shape index (κ3) is 3.22. The number of rotatable bonds is 3. The standard InChI is InChI=1S/C11H13FN2O/c1-11(2,14)7-15-10-5-3-4-9(12)8(10)6-13/h3-5H,7,14H2,1-2H3. The summed E-state index contributed by atoms with van der Waals surface area (Å²) in [5, 5.41) is 8.73. The Balaban J connectivity index is 2.87. The molecule has 0 spiro atoms. The first-order chi connectivity index (χ1) is 6.94. The molecule has 0 saturated heterocycles. The van der Waals surface area contributed by atoms with Crippen molar-refractivity contribution < 1.29 is 9.13 Å². The van der Waals surface area contributed by atoms with E-state index in [0.717, 1.165) is 0 Å². The van der Waals surface area contributed by atoms with Crippen LogP contribution in [0.3, 0.4) is 0 Å². The van der Waals surface area contributed by atoms with Gasteiger partial charge in [0.05, 0.1) is 0 Å². The molecular weight excluding hydrogens is 195 g/mol. The second kappa shape index (κ2) is 4.28. The predicted molar refractivity (Wildman–Crippen MR) is 54.9 cm³/mol. The molecule has 0 unspecified atom stereocenters. The topological polar surface area (TPSA) is 59.0 Å². The van der Waals surface area contributed by atoms with Crippen LogP contribution in [-0.4, -0.2) is 12.1 Å². The minimum atomic E-state index is -0.579. The normalized spacial score (nSPS) is 10.9. The van der Waals surface area contributed by atoms with Gasteiger partial charge in [-0.05, 0) is 26.0 Å². The van der Waals surface area contributed by atoms with Gasteiger partial charge in [0.2, 0.25) is 0 Å². The smallest absolute Gasteiger partial charge is 0.144 e. The quantitative estimate of drug-likeness (QED) is 0.824. The zero-order valence-corrected chi connectivity index (χ0v) is 8.75. The van der Waals surface area contributed by atoms with E-state index in [-0.39, 0.29) is 17.9 Å². The molecule has 0 saturated carbocycles. The Kier molecular flexibility index (Phi) is 3.28. The van der Waals surface area contributed by atoms with Crippen LogP contribution >= 0.6 is 0 Å². The number of benzene rings is 1. The number of halogens is 1. The molecule has 0 amide bonds. The van der Waals surface area contributed by atoms with E-state index in [2.05, 4.69) is 0 Å². The lowest BCUT2D eigenvalue weighted by Gasteiger charge is -2.19. The van der Waals surface area contributed by atoms with Crippen molar-refractivity contribution in [2.45, 2.75) is 19.4 Å². The maximum absolute atomic E-state index is 13.1. The lowest BCUT2D eigenvalue weighted by Crippen LogP contribution is -2.38. The fourth-order valence-electron chi connectivity index (χ4n) is 0.997. The number of hydrogen-bond donors (Lipinski definition) is 1. The lowest BCUT2D eigenvalue weighted by atomic mass is 10.1. The number of nitriles is 1. The van der Waals surface area contributed by atoms with E-state index in [1.54, 1.807) is 26.0 Å². The Morgan fingerprint density at radius 2 is 2.20 bits per heavy atom. The van der Waals surface area contributed by atoms with Crippen molar-refractivity contribution in [1.29, 1.82) is 5.26 Å². The fraction of sp³-hybridized carbons (Fsp3) is 0.364. The van der Waals surface area contributed by atoms with E-state index in [0.29, 0.717) is 0 Å². The Morgan fingerprint density at radius 1 is 1.53 bits per heavy atom. The summed E-state index contributed by atoms with van der Waals surface area (Å²) in [5.41, 5.74) is 5.11. The maximum Gasteiger partial charge on any atom is 0.144 e. The van der Waals surface area contributed by atoms with Crippen LogP contribution in [0.15, 0.2) is 18.2 Å². The molecule has 0 aromatic heterocycles. The van der Waals surface area contributed by atoms with Gasteiger partial charge in [0.25, 0.3) is 0 Å². The van der Waals surface area contributed by atoms with Gasteiger partial charge < -0.3 is 10.5 Å². The van der Waals surface area contributed by atoms with Gasteiger partial charge in [-0.3, -0.25) is 0 Å². The van der Waals surface area contributed by atoms with E-state index in [4.69, 9.17) is 15.7 Å². The van der Waals surface area contributed by atoms with Gasteiger partial charge in [-0.1, -0.05) is 6.07 Å². The average Bonchev–Trinajstić information content (AvgIpc) is 2.13. The molecule has 0 aliphatic carbocycles. The first-order valence-electron chi connectivity index (χ1n) is 4.54. The van der Waals surface area contributed by atoms with Crippen LogP contribution in [0.4, 0.5) is 4.39 Å². The molecule has 80 valence electrons. The second-order valence-corrected chi connectivity index (χ2v) is 4.00. The summed E-state index contributed by atoms with van der Waals surface area (Å²) in [6.07, 6.45) is 0. The van der Waals surface area contributed by atoms with E-state index in [9.17, 15) is 4.39 Å². The summed E-state index contributed by atoms with van der Waals surface area (Å²) >= 11 is 0. The molecule has 1 aromatic rings.